The predicted octanol–water partition coefficient (Wildman–Crippen LogP) is 2.08. The Bertz CT molecular complexity index is 481. The Morgan fingerprint density at radius 1 is 1.60 bits per heavy atom. The number of benzene rings is 1. The zero-order chi connectivity index (χ0) is 14.5. The third-order valence-corrected chi connectivity index (χ3v) is 3.97. The number of anilines is 2. The number of carbonyl (C=O) groups excluding carboxylic acids is 1. The number of nitrogens with zero attached hydrogens (tertiary/aromatic N) is 1. The molecule has 1 amide bonds. The lowest BCUT2D eigenvalue weighted by Crippen LogP contribution is -2.45. The Kier molecular flexibility index (Phi) is 5.39. The molecule has 1 aromatic rings. The van der Waals surface area contributed by atoms with Crippen LogP contribution in [-0.4, -0.2) is 43.2 Å². The number of hydrogen-bond donors (Lipinski definition) is 2. The summed E-state index contributed by atoms with van der Waals surface area (Å²) in [4.78, 5) is 14.2. The average molecular weight is 342 g/mol. The predicted molar refractivity (Wildman–Crippen MR) is 83.7 cm³/mol. The van der Waals surface area contributed by atoms with Gasteiger partial charge in [-0.1, -0.05) is 6.92 Å². The van der Waals surface area contributed by atoms with E-state index in [1.807, 2.05) is 0 Å². The van der Waals surface area contributed by atoms with Crippen molar-refractivity contribution in [1.29, 1.82) is 0 Å². The number of amides is 1. The second-order valence-electron chi connectivity index (χ2n) is 4.92. The highest BCUT2D eigenvalue weighted by atomic mass is 79.9. The van der Waals surface area contributed by atoms with E-state index >= 15 is 0 Å². The molecule has 1 aliphatic heterocycles. The van der Waals surface area contributed by atoms with Gasteiger partial charge in [0, 0.05) is 23.2 Å². The molecule has 20 heavy (non-hydrogen) atoms. The van der Waals surface area contributed by atoms with E-state index in [9.17, 15) is 4.79 Å². The van der Waals surface area contributed by atoms with E-state index in [4.69, 9.17) is 10.5 Å². The summed E-state index contributed by atoms with van der Waals surface area (Å²) in [5.74, 6) is -0.0211. The highest BCUT2D eigenvalue weighted by Gasteiger charge is 2.20. The molecular formula is C14H20BrN3O2. The second-order valence-corrected chi connectivity index (χ2v) is 5.78. The summed E-state index contributed by atoms with van der Waals surface area (Å²) in [5, 5.41) is 2.89. The first-order chi connectivity index (χ1) is 9.58. The van der Waals surface area contributed by atoms with Crippen molar-refractivity contribution in [2.75, 3.05) is 37.3 Å². The van der Waals surface area contributed by atoms with Crippen LogP contribution in [0.1, 0.15) is 13.3 Å². The largest absolute Gasteiger partial charge is 0.399 e. The van der Waals surface area contributed by atoms with E-state index in [-0.39, 0.29) is 12.0 Å². The van der Waals surface area contributed by atoms with Crippen molar-refractivity contribution in [2.24, 2.45) is 0 Å². The number of carbonyl (C=O) groups is 1. The zero-order valence-electron chi connectivity index (χ0n) is 11.6. The molecule has 0 spiro atoms. The monoisotopic (exact) mass is 341 g/mol. The van der Waals surface area contributed by atoms with Crippen LogP contribution < -0.4 is 11.1 Å². The van der Waals surface area contributed by atoms with Gasteiger partial charge in [0.25, 0.3) is 0 Å². The quantitative estimate of drug-likeness (QED) is 0.822. The summed E-state index contributed by atoms with van der Waals surface area (Å²) in [6.07, 6.45) is 1.21. The van der Waals surface area contributed by atoms with Crippen LogP contribution in [0.3, 0.4) is 0 Å². The van der Waals surface area contributed by atoms with E-state index in [1.54, 1.807) is 18.2 Å². The minimum atomic E-state index is -0.0211. The van der Waals surface area contributed by atoms with Gasteiger partial charge in [0.1, 0.15) is 0 Å². The third kappa shape index (κ3) is 4.19. The SMILES string of the molecule is CCC1CN(CC(=O)Nc2ccc(N)cc2Br)CCO1. The van der Waals surface area contributed by atoms with E-state index in [1.165, 1.54) is 0 Å². The molecule has 0 saturated carbocycles. The van der Waals surface area contributed by atoms with Gasteiger partial charge in [-0.15, -0.1) is 0 Å². The minimum Gasteiger partial charge on any atom is -0.399 e. The number of halogens is 1. The van der Waals surface area contributed by atoms with E-state index in [2.05, 4.69) is 33.1 Å². The van der Waals surface area contributed by atoms with Crippen molar-refractivity contribution < 1.29 is 9.53 Å². The van der Waals surface area contributed by atoms with Gasteiger partial charge in [-0.25, -0.2) is 0 Å². The number of nitrogens with one attached hydrogen (secondary N) is 1. The van der Waals surface area contributed by atoms with Crippen LogP contribution in [0.2, 0.25) is 0 Å². The summed E-state index contributed by atoms with van der Waals surface area (Å²) in [6.45, 7) is 4.79. The smallest absolute Gasteiger partial charge is 0.238 e. The van der Waals surface area contributed by atoms with Crippen molar-refractivity contribution in [3.63, 3.8) is 0 Å². The molecule has 1 unspecified atom stereocenters. The summed E-state index contributed by atoms with van der Waals surface area (Å²) < 4.78 is 6.39. The van der Waals surface area contributed by atoms with Crippen LogP contribution in [0, 0.1) is 0 Å². The Balaban J connectivity index is 1.88. The summed E-state index contributed by atoms with van der Waals surface area (Å²) >= 11 is 3.39. The molecule has 1 atom stereocenters. The normalized spacial score (nSPS) is 19.8. The van der Waals surface area contributed by atoms with Gasteiger partial charge in [0.2, 0.25) is 5.91 Å². The van der Waals surface area contributed by atoms with Crippen LogP contribution >= 0.6 is 15.9 Å². The Morgan fingerprint density at radius 3 is 3.10 bits per heavy atom. The van der Waals surface area contributed by atoms with Crippen LogP contribution in [0.25, 0.3) is 0 Å². The van der Waals surface area contributed by atoms with E-state index in [0.717, 1.165) is 29.7 Å². The van der Waals surface area contributed by atoms with Gasteiger partial charge in [0.05, 0.1) is 24.9 Å². The highest BCUT2D eigenvalue weighted by Crippen LogP contribution is 2.24. The maximum atomic E-state index is 12.1. The van der Waals surface area contributed by atoms with Gasteiger partial charge in [-0.05, 0) is 40.5 Å². The van der Waals surface area contributed by atoms with Crippen LogP contribution in [0.15, 0.2) is 22.7 Å². The molecule has 0 bridgehead atoms. The van der Waals surface area contributed by atoms with E-state index < -0.39 is 0 Å². The Labute approximate surface area is 127 Å². The number of morpholine rings is 1. The minimum absolute atomic E-state index is 0.0211. The number of hydrogen-bond acceptors (Lipinski definition) is 4. The topological polar surface area (TPSA) is 67.6 Å². The molecule has 2 rings (SSSR count). The molecule has 3 N–H and O–H groups in total. The van der Waals surface area contributed by atoms with Gasteiger partial charge >= 0.3 is 0 Å². The number of ether oxygens (including phenoxy) is 1. The van der Waals surface area contributed by atoms with E-state index in [0.29, 0.717) is 18.8 Å². The molecule has 1 fully saturated rings. The summed E-state index contributed by atoms with van der Waals surface area (Å²) in [5.41, 5.74) is 7.07. The first kappa shape index (κ1) is 15.3. The molecule has 1 aromatic carbocycles. The van der Waals surface area contributed by atoms with Gasteiger partial charge in [-0.2, -0.15) is 0 Å². The summed E-state index contributed by atoms with van der Waals surface area (Å²) in [6, 6.07) is 5.34. The van der Waals surface area contributed by atoms with Crippen molar-refractivity contribution in [2.45, 2.75) is 19.4 Å². The number of rotatable bonds is 4. The fraction of sp³-hybridized carbons (Fsp3) is 0.500. The molecular weight excluding hydrogens is 322 g/mol. The first-order valence-corrected chi connectivity index (χ1v) is 7.56. The van der Waals surface area contributed by atoms with Crippen LogP contribution in [-0.2, 0) is 9.53 Å². The highest BCUT2D eigenvalue weighted by molar-refractivity contribution is 9.10. The van der Waals surface area contributed by atoms with Crippen molar-refractivity contribution in [3.8, 4) is 0 Å². The molecule has 1 saturated heterocycles. The van der Waals surface area contributed by atoms with Gasteiger partial charge < -0.3 is 15.8 Å². The summed E-state index contributed by atoms with van der Waals surface area (Å²) in [7, 11) is 0. The van der Waals surface area contributed by atoms with Crippen LogP contribution in [0.4, 0.5) is 11.4 Å². The number of nitrogen functional groups attached to an aromatic ring is 1. The first-order valence-electron chi connectivity index (χ1n) is 6.77. The lowest BCUT2D eigenvalue weighted by Gasteiger charge is -2.31. The lowest BCUT2D eigenvalue weighted by atomic mass is 10.2. The van der Waals surface area contributed by atoms with Gasteiger partial charge in [0.15, 0.2) is 0 Å². The molecule has 110 valence electrons. The van der Waals surface area contributed by atoms with Crippen molar-refractivity contribution >= 4 is 33.2 Å². The lowest BCUT2D eigenvalue weighted by molar-refractivity contribution is -0.119. The Morgan fingerprint density at radius 2 is 2.40 bits per heavy atom. The molecule has 0 radical (unpaired) electrons. The maximum Gasteiger partial charge on any atom is 0.238 e. The molecule has 1 heterocycles. The van der Waals surface area contributed by atoms with Crippen molar-refractivity contribution in [1.82, 2.24) is 4.90 Å². The fourth-order valence-electron chi connectivity index (χ4n) is 2.20. The Hall–Kier alpha value is -1.11. The molecule has 5 nitrogen and oxygen atoms in total. The van der Waals surface area contributed by atoms with Crippen molar-refractivity contribution in [3.05, 3.63) is 22.7 Å². The maximum absolute atomic E-state index is 12.1. The number of nitrogens with two attached hydrogens (primary N) is 1. The molecule has 0 aliphatic carbocycles. The molecule has 1 aliphatic rings. The average Bonchev–Trinajstić information content (AvgIpc) is 2.42. The molecule has 0 aromatic heterocycles. The third-order valence-electron chi connectivity index (χ3n) is 3.31. The second kappa shape index (κ2) is 7.06. The molecule has 6 heteroatoms. The standard InChI is InChI=1S/C14H20BrN3O2/c1-2-11-8-18(5-6-20-11)9-14(19)17-13-4-3-10(16)7-12(13)15/h3-4,7,11H,2,5-6,8-9,16H2,1H3,(H,17,19). The zero-order valence-corrected chi connectivity index (χ0v) is 13.1. The van der Waals surface area contributed by atoms with Gasteiger partial charge in [-0.3, -0.25) is 9.69 Å². The van der Waals surface area contributed by atoms with Crippen LogP contribution in [0.5, 0.6) is 0 Å². The fourth-order valence-corrected chi connectivity index (χ4v) is 2.69.